The molecule has 122 valence electrons. The van der Waals surface area contributed by atoms with Gasteiger partial charge in [-0.05, 0) is 50.3 Å². The first-order chi connectivity index (χ1) is 10.5. The number of pyridine rings is 1. The maximum absolute atomic E-state index is 11.9. The number of likely N-dealkylation sites (tertiary alicyclic amines) is 1. The monoisotopic (exact) mass is 343 g/mol. The first-order valence-electron chi connectivity index (χ1n) is 7.85. The van der Waals surface area contributed by atoms with Crippen molar-refractivity contribution in [1.82, 2.24) is 14.6 Å². The minimum Gasteiger partial charge on any atom is -0.297 e. The van der Waals surface area contributed by atoms with Gasteiger partial charge in [0.2, 0.25) is 10.0 Å². The Labute approximate surface area is 137 Å². The van der Waals surface area contributed by atoms with Crippen LogP contribution >= 0.6 is 11.6 Å². The third kappa shape index (κ3) is 4.19. The fourth-order valence-corrected chi connectivity index (χ4v) is 4.58. The number of nitrogens with zero attached hydrogens (tertiary/aromatic N) is 2. The smallest absolute Gasteiger partial charge is 0.214 e. The highest BCUT2D eigenvalue weighted by atomic mass is 35.5. The van der Waals surface area contributed by atoms with Crippen molar-refractivity contribution in [3.05, 3.63) is 29.0 Å². The van der Waals surface area contributed by atoms with Crippen LogP contribution in [0.5, 0.6) is 0 Å². The van der Waals surface area contributed by atoms with Crippen LogP contribution < -0.4 is 4.72 Å². The Morgan fingerprint density at radius 1 is 1.36 bits per heavy atom. The predicted octanol–water partition coefficient (Wildman–Crippen LogP) is 2.03. The molecule has 1 aliphatic heterocycles. The normalized spacial score (nSPS) is 23.6. The molecule has 1 saturated heterocycles. The van der Waals surface area contributed by atoms with E-state index < -0.39 is 10.0 Å². The second-order valence-corrected chi connectivity index (χ2v) is 8.72. The third-order valence-corrected chi connectivity index (χ3v) is 6.61. The van der Waals surface area contributed by atoms with Gasteiger partial charge in [0.1, 0.15) is 0 Å². The molecule has 1 atom stereocenters. The highest BCUT2D eigenvalue weighted by molar-refractivity contribution is 7.90. The maximum Gasteiger partial charge on any atom is 0.214 e. The summed E-state index contributed by atoms with van der Waals surface area (Å²) >= 11 is 6.16. The molecule has 3 rings (SSSR count). The summed E-state index contributed by atoms with van der Waals surface area (Å²) in [7, 11) is -3.07. The topological polar surface area (TPSA) is 62.3 Å². The van der Waals surface area contributed by atoms with E-state index in [0.717, 1.165) is 51.0 Å². The molecule has 2 aliphatic rings. The Kier molecular flexibility index (Phi) is 5.02. The van der Waals surface area contributed by atoms with E-state index in [4.69, 9.17) is 11.6 Å². The van der Waals surface area contributed by atoms with E-state index in [0.29, 0.717) is 17.5 Å². The van der Waals surface area contributed by atoms with Gasteiger partial charge in [0, 0.05) is 25.8 Å². The zero-order valence-electron chi connectivity index (χ0n) is 12.5. The molecule has 2 fully saturated rings. The van der Waals surface area contributed by atoms with Gasteiger partial charge in [-0.25, -0.2) is 13.1 Å². The minimum atomic E-state index is -3.07. The average molecular weight is 344 g/mol. The lowest BCUT2D eigenvalue weighted by atomic mass is 9.98. The lowest BCUT2D eigenvalue weighted by Gasteiger charge is -2.32. The van der Waals surface area contributed by atoms with Gasteiger partial charge >= 0.3 is 0 Å². The van der Waals surface area contributed by atoms with Crippen molar-refractivity contribution in [2.75, 3.05) is 19.6 Å². The molecule has 1 aromatic heterocycles. The number of hydrogen-bond acceptors (Lipinski definition) is 4. The average Bonchev–Trinajstić information content (AvgIpc) is 3.33. The molecule has 0 aromatic carbocycles. The number of nitrogens with one attached hydrogen (secondary N) is 1. The fourth-order valence-electron chi connectivity index (χ4n) is 2.94. The minimum absolute atomic E-state index is 0.139. The Hall–Kier alpha value is -0.690. The molecule has 2 heterocycles. The first kappa shape index (κ1) is 16.2. The van der Waals surface area contributed by atoms with Gasteiger partial charge in [0.25, 0.3) is 0 Å². The number of hydrogen-bond donors (Lipinski definition) is 1. The van der Waals surface area contributed by atoms with E-state index in [1.807, 2.05) is 12.1 Å². The van der Waals surface area contributed by atoms with Gasteiger partial charge in [0.15, 0.2) is 0 Å². The van der Waals surface area contributed by atoms with Crippen molar-refractivity contribution in [3.63, 3.8) is 0 Å². The Morgan fingerprint density at radius 2 is 2.18 bits per heavy atom. The fraction of sp³-hybridized carbons (Fsp3) is 0.667. The van der Waals surface area contributed by atoms with E-state index in [1.54, 1.807) is 6.20 Å². The summed E-state index contributed by atoms with van der Waals surface area (Å²) in [6.45, 7) is 3.18. The van der Waals surface area contributed by atoms with Crippen molar-refractivity contribution in [1.29, 1.82) is 0 Å². The SMILES string of the molecule is O=S(=O)(NCC1CCCN(Cc2ncccc2Cl)C1)C1CC1. The molecular formula is C15H22ClN3O2S. The Bertz CT molecular complexity index is 619. The zero-order valence-corrected chi connectivity index (χ0v) is 14.1. The molecule has 1 saturated carbocycles. The summed E-state index contributed by atoms with van der Waals surface area (Å²) in [5.41, 5.74) is 0.892. The lowest BCUT2D eigenvalue weighted by Crippen LogP contribution is -2.41. The lowest BCUT2D eigenvalue weighted by molar-refractivity contribution is 0.167. The van der Waals surface area contributed by atoms with Gasteiger partial charge in [-0.3, -0.25) is 9.88 Å². The third-order valence-electron chi connectivity index (χ3n) is 4.35. The summed E-state index contributed by atoms with van der Waals surface area (Å²) in [4.78, 5) is 6.64. The molecule has 1 aromatic rings. The summed E-state index contributed by atoms with van der Waals surface area (Å²) < 4.78 is 26.6. The number of halogens is 1. The van der Waals surface area contributed by atoms with Gasteiger partial charge in [-0.2, -0.15) is 0 Å². The molecule has 0 radical (unpaired) electrons. The highest BCUT2D eigenvalue weighted by Crippen LogP contribution is 2.28. The van der Waals surface area contributed by atoms with Crippen LogP contribution in [-0.2, 0) is 16.6 Å². The van der Waals surface area contributed by atoms with Gasteiger partial charge in [-0.1, -0.05) is 11.6 Å². The van der Waals surface area contributed by atoms with Crippen LogP contribution in [0.1, 0.15) is 31.4 Å². The predicted molar refractivity (Wildman–Crippen MR) is 87.2 cm³/mol. The summed E-state index contributed by atoms with van der Waals surface area (Å²) in [5, 5.41) is 0.554. The second kappa shape index (κ2) is 6.83. The van der Waals surface area contributed by atoms with Crippen LogP contribution in [0.2, 0.25) is 5.02 Å². The Morgan fingerprint density at radius 3 is 2.91 bits per heavy atom. The molecule has 0 bridgehead atoms. The van der Waals surface area contributed by atoms with Crippen LogP contribution in [0.4, 0.5) is 0 Å². The molecule has 1 aliphatic carbocycles. The molecule has 1 unspecified atom stereocenters. The van der Waals surface area contributed by atoms with E-state index in [2.05, 4.69) is 14.6 Å². The molecule has 0 amide bonds. The van der Waals surface area contributed by atoms with E-state index in [9.17, 15) is 8.42 Å². The largest absolute Gasteiger partial charge is 0.297 e. The summed E-state index contributed by atoms with van der Waals surface area (Å²) in [5.74, 6) is 0.366. The van der Waals surface area contributed by atoms with Gasteiger partial charge in [-0.15, -0.1) is 0 Å². The first-order valence-corrected chi connectivity index (χ1v) is 9.77. The standard InChI is InChI=1S/C15H22ClN3O2S/c16-14-4-1-7-17-15(14)11-19-8-2-3-12(10-19)9-18-22(20,21)13-5-6-13/h1,4,7,12-13,18H,2-3,5-6,8-11H2. The van der Waals surface area contributed by atoms with Crippen molar-refractivity contribution in [2.24, 2.45) is 5.92 Å². The molecular weight excluding hydrogens is 322 g/mol. The number of aromatic nitrogens is 1. The van der Waals surface area contributed by atoms with Gasteiger partial charge < -0.3 is 0 Å². The van der Waals surface area contributed by atoms with Crippen LogP contribution in [0.15, 0.2) is 18.3 Å². The molecule has 5 nitrogen and oxygen atoms in total. The van der Waals surface area contributed by atoms with E-state index in [-0.39, 0.29) is 5.25 Å². The second-order valence-electron chi connectivity index (χ2n) is 6.27. The number of sulfonamides is 1. The Balaban J connectivity index is 1.52. The molecule has 0 spiro atoms. The summed E-state index contributed by atoms with van der Waals surface area (Å²) in [6, 6.07) is 3.69. The van der Waals surface area contributed by atoms with Crippen molar-refractivity contribution in [2.45, 2.75) is 37.5 Å². The van der Waals surface area contributed by atoms with Crippen LogP contribution in [0, 0.1) is 5.92 Å². The van der Waals surface area contributed by atoms with Crippen LogP contribution in [0.3, 0.4) is 0 Å². The van der Waals surface area contributed by atoms with E-state index in [1.165, 1.54) is 0 Å². The quantitative estimate of drug-likeness (QED) is 0.858. The highest BCUT2D eigenvalue weighted by Gasteiger charge is 2.36. The zero-order chi connectivity index (χ0) is 15.6. The van der Waals surface area contributed by atoms with Crippen molar-refractivity contribution < 1.29 is 8.42 Å². The molecule has 22 heavy (non-hydrogen) atoms. The van der Waals surface area contributed by atoms with Crippen molar-refractivity contribution >= 4 is 21.6 Å². The summed E-state index contributed by atoms with van der Waals surface area (Å²) in [6.07, 6.45) is 5.53. The maximum atomic E-state index is 11.9. The number of rotatable bonds is 6. The van der Waals surface area contributed by atoms with E-state index >= 15 is 0 Å². The number of piperidine rings is 1. The van der Waals surface area contributed by atoms with Crippen LogP contribution in [0.25, 0.3) is 0 Å². The molecule has 1 N–H and O–H groups in total. The van der Waals surface area contributed by atoms with Crippen LogP contribution in [-0.4, -0.2) is 43.2 Å². The van der Waals surface area contributed by atoms with Gasteiger partial charge in [0.05, 0.1) is 16.0 Å². The molecule has 7 heteroatoms. The van der Waals surface area contributed by atoms with Crippen molar-refractivity contribution in [3.8, 4) is 0 Å².